The third-order valence-electron chi connectivity index (χ3n) is 6.52. The summed E-state index contributed by atoms with van der Waals surface area (Å²) in [4.78, 5) is 3.10. The number of azide groups is 1. The molecule has 2 fully saturated rings. The molecule has 0 aliphatic carbocycles. The van der Waals surface area contributed by atoms with Crippen molar-refractivity contribution in [1.29, 1.82) is 0 Å². The first-order valence-electron chi connectivity index (χ1n) is 11.6. The van der Waals surface area contributed by atoms with Crippen LogP contribution in [0, 0.1) is 11.5 Å². The molecule has 0 spiro atoms. The highest BCUT2D eigenvalue weighted by atomic mass is 28.4. The van der Waals surface area contributed by atoms with Gasteiger partial charge in [-0.25, -0.2) is 0 Å². The monoisotopic (exact) mass is 503 g/mol. The number of benzene rings is 1. The zero-order valence-corrected chi connectivity index (χ0v) is 23.4. The lowest BCUT2D eigenvalue weighted by atomic mass is 9.90. The fourth-order valence-electron chi connectivity index (χ4n) is 3.66. The van der Waals surface area contributed by atoms with Gasteiger partial charge in [-0.2, -0.15) is 0 Å². The maximum absolute atomic E-state index is 11.5. The van der Waals surface area contributed by atoms with Crippen molar-refractivity contribution in [2.24, 2.45) is 5.11 Å². The number of ether oxygens (including phenoxy) is 3. The van der Waals surface area contributed by atoms with Crippen molar-refractivity contribution in [2.45, 2.75) is 95.0 Å². The molecule has 1 aromatic carbocycles. The molecular formula is C24H37N3O5Si2. The Kier molecular flexibility index (Phi) is 7.73. The van der Waals surface area contributed by atoms with Crippen LogP contribution in [0.3, 0.4) is 0 Å². The van der Waals surface area contributed by atoms with Gasteiger partial charge in [0.2, 0.25) is 5.79 Å². The molecule has 2 aliphatic heterocycles. The Labute approximate surface area is 204 Å². The quantitative estimate of drug-likeness (QED) is 0.201. The third kappa shape index (κ3) is 5.93. The van der Waals surface area contributed by atoms with Crippen LogP contribution in [0.2, 0.25) is 37.8 Å². The molecule has 6 atom stereocenters. The van der Waals surface area contributed by atoms with Gasteiger partial charge in [0.15, 0.2) is 14.6 Å². The van der Waals surface area contributed by atoms with E-state index in [0.29, 0.717) is 0 Å². The van der Waals surface area contributed by atoms with E-state index in [4.69, 9.17) is 18.6 Å². The standard InChI is InChI=1S/C24H37N3O5Si2/c1-23(2,3)34(7,8)32-20-18(14-15-33(4,5)6)31-24(28)16-29-22(17-12-10-9-11-13-17)30-21(24)19(20)26-27-25/h9-13,18-22,28H,16H2,1-8H3. The number of nitrogens with zero attached hydrogens (tertiary/aromatic N) is 3. The van der Waals surface area contributed by atoms with Crippen molar-refractivity contribution in [1.82, 2.24) is 0 Å². The van der Waals surface area contributed by atoms with Gasteiger partial charge < -0.3 is 23.7 Å². The molecule has 186 valence electrons. The first kappa shape index (κ1) is 26.9. The summed E-state index contributed by atoms with van der Waals surface area (Å²) >= 11 is 0. The van der Waals surface area contributed by atoms with Crippen LogP contribution in [0.1, 0.15) is 32.6 Å². The van der Waals surface area contributed by atoms with E-state index >= 15 is 0 Å². The Balaban J connectivity index is 2.04. The molecule has 0 aromatic heterocycles. The van der Waals surface area contributed by atoms with Gasteiger partial charge in [-0.1, -0.05) is 81.8 Å². The van der Waals surface area contributed by atoms with E-state index < -0.39 is 52.8 Å². The lowest BCUT2D eigenvalue weighted by Gasteiger charge is -2.53. The van der Waals surface area contributed by atoms with Crippen molar-refractivity contribution in [2.75, 3.05) is 6.61 Å². The Hall–Kier alpha value is -1.68. The molecule has 10 heteroatoms. The summed E-state index contributed by atoms with van der Waals surface area (Å²) in [6.45, 7) is 16.9. The van der Waals surface area contributed by atoms with Crippen molar-refractivity contribution in [3.8, 4) is 11.5 Å². The lowest BCUT2D eigenvalue weighted by Crippen LogP contribution is -2.69. The molecule has 8 nitrogen and oxygen atoms in total. The van der Waals surface area contributed by atoms with Gasteiger partial charge in [-0.3, -0.25) is 0 Å². The first-order chi connectivity index (χ1) is 15.7. The molecule has 1 N–H and O–H groups in total. The molecule has 3 rings (SSSR count). The van der Waals surface area contributed by atoms with E-state index in [0.717, 1.165) is 5.56 Å². The second-order valence-corrected chi connectivity index (χ2v) is 21.1. The molecule has 2 heterocycles. The van der Waals surface area contributed by atoms with E-state index in [1.165, 1.54) is 0 Å². The summed E-state index contributed by atoms with van der Waals surface area (Å²) in [6, 6.07) is 8.59. The number of hydrogen-bond donors (Lipinski definition) is 1. The van der Waals surface area contributed by atoms with Gasteiger partial charge in [-0.15, -0.1) is 5.54 Å². The average molecular weight is 504 g/mol. The Morgan fingerprint density at radius 1 is 1.18 bits per heavy atom. The number of fused-ring (bicyclic) bond motifs is 1. The van der Waals surface area contributed by atoms with Crippen LogP contribution >= 0.6 is 0 Å². The second kappa shape index (κ2) is 9.76. The Morgan fingerprint density at radius 3 is 2.38 bits per heavy atom. The van der Waals surface area contributed by atoms with Crippen LogP contribution in [-0.2, 0) is 18.6 Å². The first-order valence-corrected chi connectivity index (χ1v) is 18.0. The van der Waals surface area contributed by atoms with E-state index in [1.54, 1.807) is 0 Å². The average Bonchev–Trinajstić information content (AvgIpc) is 2.73. The normalized spacial score (nSPS) is 32.1. The van der Waals surface area contributed by atoms with Crippen LogP contribution in [-0.4, -0.2) is 58.2 Å². The molecule has 0 saturated carbocycles. The van der Waals surface area contributed by atoms with E-state index in [2.05, 4.69) is 75.0 Å². The van der Waals surface area contributed by atoms with Gasteiger partial charge in [0.05, 0.1) is 12.1 Å². The number of hydrogen-bond acceptors (Lipinski definition) is 6. The fraction of sp³-hybridized carbons (Fsp3) is 0.667. The van der Waals surface area contributed by atoms with E-state index in [9.17, 15) is 10.6 Å². The summed E-state index contributed by atoms with van der Waals surface area (Å²) < 4.78 is 25.0. The molecule has 34 heavy (non-hydrogen) atoms. The van der Waals surface area contributed by atoms with E-state index in [-0.39, 0.29) is 11.6 Å². The van der Waals surface area contributed by atoms with Gasteiger partial charge in [0.25, 0.3) is 0 Å². The van der Waals surface area contributed by atoms with Crippen molar-refractivity contribution >= 4 is 16.4 Å². The zero-order chi connectivity index (χ0) is 25.4. The molecule has 0 radical (unpaired) electrons. The number of rotatable bonds is 4. The summed E-state index contributed by atoms with van der Waals surface area (Å²) in [5.74, 6) is 1.38. The number of aliphatic hydroxyl groups is 1. The lowest BCUT2D eigenvalue weighted by molar-refractivity contribution is -0.402. The topological polar surface area (TPSA) is 106 Å². The minimum atomic E-state index is -2.33. The third-order valence-corrected chi connectivity index (χ3v) is 11.9. The fourth-order valence-corrected chi connectivity index (χ4v) is 5.53. The van der Waals surface area contributed by atoms with E-state index in [1.807, 2.05) is 30.3 Å². The summed E-state index contributed by atoms with van der Waals surface area (Å²) in [7, 11) is -4.09. The van der Waals surface area contributed by atoms with Gasteiger partial charge in [-0.05, 0) is 23.7 Å². The van der Waals surface area contributed by atoms with Crippen molar-refractivity contribution in [3.05, 3.63) is 46.3 Å². The predicted molar refractivity (Wildman–Crippen MR) is 136 cm³/mol. The minimum Gasteiger partial charge on any atom is -0.410 e. The van der Waals surface area contributed by atoms with Crippen molar-refractivity contribution in [3.63, 3.8) is 0 Å². The highest BCUT2D eigenvalue weighted by Gasteiger charge is 2.59. The highest BCUT2D eigenvalue weighted by molar-refractivity contribution is 6.83. The van der Waals surface area contributed by atoms with Gasteiger partial charge in [0, 0.05) is 10.5 Å². The summed E-state index contributed by atoms with van der Waals surface area (Å²) in [5, 5.41) is 15.5. The maximum atomic E-state index is 11.5. The van der Waals surface area contributed by atoms with Crippen LogP contribution < -0.4 is 0 Å². The minimum absolute atomic E-state index is 0.0957. The molecule has 0 amide bonds. The summed E-state index contributed by atoms with van der Waals surface area (Å²) in [6.07, 6.45) is -3.20. The van der Waals surface area contributed by atoms with Crippen LogP contribution in [0.4, 0.5) is 0 Å². The predicted octanol–water partition coefficient (Wildman–Crippen LogP) is 5.14. The Morgan fingerprint density at radius 2 is 1.82 bits per heavy atom. The largest absolute Gasteiger partial charge is 0.410 e. The molecule has 2 saturated heterocycles. The Bertz CT molecular complexity index is 976. The SMILES string of the molecule is CC(C)(C)[Si](C)(C)OC1C(C#C[Si](C)(C)C)OC2(O)COC(c3ccccc3)OC2C1N=[N+]=[N-]. The van der Waals surface area contributed by atoms with Gasteiger partial charge >= 0.3 is 0 Å². The molecule has 6 unspecified atom stereocenters. The summed E-state index contributed by atoms with van der Waals surface area (Å²) in [5.41, 5.74) is 13.6. The zero-order valence-electron chi connectivity index (χ0n) is 21.4. The molecular weight excluding hydrogens is 466 g/mol. The maximum Gasteiger partial charge on any atom is 0.218 e. The molecule has 1 aromatic rings. The molecule has 0 bridgehead atoms. The van der Waals surface area contributed by atoms with Crippen LogP contribution in [0.15, 0.2) is 35.4 Å². The van der Waals surface area contributed by atoms with Gasteiger partial charge in [0.1, 0.15) is 26.9 Å². The molecule has 2 aliphatic rings. The highest BCUT2D eigenvalue weighted by Crippen LogP contribution is 2.44. The van der Waals surface area contributed by atoms with Crippen LogP contribution in [0.25, 0.3) is 10.4 Å². The van der Waals surface area contributed by atoms with Crippen molar-refractivity contribution < 1.29 is 23.7 Å². The smallest absolute Gasteiger partial charge is 0.218 e. The van der Waals surface area contributed by atoms with Crippen LogP contribution in [0.5, 0.6) is 0 Å². The second-order valence-electron chi connectivity index (χ2n) is 11.6.